The molecular formula is C56H54Cl4N12O8S3. The van der Waals surface area contributed by atoms with Crippen LogP contribution in [-0.2, 0) is 54.5 Å². The number of nitrogens with zero attached hydrogens (tertiary/aromatic N) is 8. The Balaban J connectivity index is 0.000000180. The highest BCUT2D eigenvalue weighted by molar-refractivity contribution is 7.89. The summed E-state index contributed by atoms with van der Waals surface area (Å²) in [7, 11) is -11.6. The minimum Gasteiger partial charge on any atom is -0.480 e. The van der Waals surface area contributed by atoms with Crippen LogP contribution in [0, 0.1) is 0 Å². The van der Waals surface area contributed by atoms with E-state index in [0.29, 0.717) is 67.6 Å². The fourth-order valence-electron chi connectivity index (χ4n) is 8.32. The topological polar surface area (TPSA) is 317 Å². The third-order valence-electron chi connectivity index (χ3n) is 12.3. The fraction of sp³-hybridized carbons (Fsp3) is 0.143. The summed E-state index contributed by atoms with van der Waals surface area (Å²) < 4.78 is 82.7. The number of fused-ring (bicyclic) bond motifs is 3. The minimum absolute atomic E-state index is 0.0966. The Kier molecular flexibility index (Phi) is 21.0. The maximum absolute atomic E-state index is 13.3. The molecule has 0 aliphatic heterocycles. The van der Waals surface area contributed by atoms with Crippen LogP contribution in [0.15, 0.2) is 189 Å². The van der Waals surface area contributed by atoms with E-state index in [1.54, 1.807) is 55.5 Å². The van der Waals surface area contributed by atoms with Gasteiger partial charge in [0.2, 0.25) is 30.1 Å². The van der Waals surface area contributed by atoms with E-state index in [0.717, 1.165) is 15.4 Å². The van der Waals surface area contributed by atoms with Crippen molar-refractivity contribution in [3.8, 4) is 0 Å². The summed E-state index contributed by atoms with van der Waals surface area (Å²) in [5.41, 5.74) is 24.3. The first-order valence-corrected chi connectivity index (χ1v) is 30.7. The van der Waals surface area contributed by atoms with E-state index in [9.17, 15) is 35.2 Å². The zero-order chi connectivity index (χ0) is 60.2. The summed E-state index contributed by atoms with van der Waals surface area (Å²) in [5.74, 6) is -1.40. The second-order valence-electron chi connectivity index (χ2n) is 17.9. The van der Waals surface area contributed by atoms with Gasteiger partial charge < -0.3 is 28.0 Å². The molecule has 0 radical (unpaired) electrons. The summed E-state index contributed by atoms with van der Waals surface area (Å²) in [4.78, 5) is 31.5. The number of hydrogen-bond donors (Lipinski definition) is 5. The highest BCUT2D eigenvalue weighted by Gasteiger charge is 2.29. The fourth-order valence-corrected chi connectivity index (χ4v) is 13.5. The first kappa shape index (κ1) is 63.0. The molecule has 9 N–H and O–H groups in total. The Labute approximate surface area is 499 Å². The number of carboxylic acids is 1. The summed E-state index contributed by atoms with van der Waals surface area (Å²) >= 11 is 24.6. The van der Waals surface area contributed by atoms with Gasteiger partial charge in [-0.1, -0.05) is 169 Å². The molecule has 0 fully saturated rings. The molecule has 0 amide bonds. The first-order valence-electron chi connectivity index (χ1n) is 24.9. The molecule has 9 aromatic rings. The predicted octanol–water partition coefficient (Wildman–Crippen LogP) is 9.82. The summed E-state index contributed by atoms with van der Waals surface area (Å²) in [6.45, 7) is 4.05. The maximum atomic E-state index is 13.3. The molecule has 0 spiro atoms. The number of guanidine groups is 2. The number of carbonyl (C=O) groups is 1. The molecule has 9 rings (SSSR count). The van der Waals surface area contributed by atoms with Crippen molar-refractivity contribution in [3.63, 3.8) is 0 Å². The van der Waals surface area contributed by atoms with E-state index in [1.807, 2.05) is 67.6 Å². The number of carboxylic acid groups (broad SMARTS) is 1. The lowest BCUT2D eigenvalue weighted by Crippen LogP contribution is -2.35. The van der Waals surface area contributed by atoms with Crippen LogP contribution in [0.5, 0.6) is 0 Å². The lowest BCUT2D eigenvalue weighted by Gasteiger charge is -2.21. The van der Waals surface area contributed by atoms with Crippen LogP contribution in [0.2, 0.25) is 20.2 Å². The van der Waals surface area contributed by atoms with Gasteiger partial charge in [-0.15, -0.1) is 0 Å². The number of hydrogen-bond acceptors (Lipinski definition) is 12. The van der Waals surface area contributed by atoms with Crippen LogP contribution in [0.4, 0.5) is 11.6 Å². The number of benzene rings is 6. The van der Waals surface area contributed by atoms with E-state index in [2.05, 4.69) is 24.9 Å². The number of aliphatic imine (C=N–C) groups is 2. The number of aromatic nitrogens is 3. The van der Waals surface area contributed by atoms with Crippen molar-refractivity contribution in [2.75, 3.05) is 19.6 Å². The van der Waals surface area contributed by atoms with Gasteiger partial charge in [0.05, 0.1) is 29.8 Å². The van der Waals surface area contributed by atoms with Crippen LogP contribution < -0.4 is 22.9 Å². The van der Waals surface area contributed by atoms with Crippen LogP contribution in [-0.4, -0.2) is 95.8 Å². The van der Waals surface area contributed by atoms with Crippen molar-refractivity contribution in [2.45, 2.75) is 48.2 Å². The highest BCUT2D eigenvalue weighted by atomic mass is 35.5. The van der Waals surface area contributed by atoms with E-state index >= 15 is 0 Å². The van der Waals surface area contributed by atoms with Crippen molar-refractivity contribution >= 4 is 138 Å². The summed E-state index contributed by atoms with van der Waals surface area (Å²) in [6.07, 6.45) is 4.23. The molecule has 432 valence electrons. The molecule has 27 heteroatoms. The van der Waals surface area contributed by atoms with Gasteiger partial charge in [0.1, 0.15) is 11.7 Å². The number of aliphatic carboxylic acids is 1. The zero-order valence-electron chi connectivity index (χ0n) is 44.3. The summed E-state index contributed by atoms with van der Waals surface area (Å²) in [6, 6.07) is 41.2. The monoisotopic (exact) mass is 1260 g/mol. The van der Waals surface area contributed by atoms with E-state index < -0.39 is 42.6 Å². The van der Waals surface area contributed by atoms with Gasteiger partial charge in [0.15, 0.2) is 23.6 Å². The molecular weight excluding hydrogens is 1210 g/mol. The lowest BCUT2D eigenvalue weighted by atomic mass is 10.1. The SMILES string of the molecule is CCN(Cc1ccccc1)S(=O)(=O)c1ccc2c(Cl)cnc(Cl)c2c1.CCN(Cc1ccccc1)S(=O)(=O)c1ccc2c(Cl)cnc(N=C(N)N)c2c1.NC(N)=Nc1ncc(Cl)c2ccc(S(=O)(=O)N(CC(=O)O)Cc3ccccc3)cc12. The minimum atomic E-state index is -4.17. The zero-order valence-corrected chi connectivity index (χ0v) is 49.7. The molecule has 0 saturated carbocycles. The van der Waals surface area contributed by atoms with Gasteiger partial charge in [-0.2, -0.15) is 22.9 Å². The molecule has 3 heterocycles. The second-order valence-corrected chi connectivity index (χ2v) is 25.3. The van der Waals surface area contributed by atoms with Crippen molar-refractivity contribution in [2.24, 2.45) is 32.9 Å². The van der Waals surface area contributed by atoms with Gasteiger partial charge in [-0.05, 0) is 53.1 Å². The van der Waals surface area contributed by atoms with E-state index in [4.69, 9.17) is 69.3 Å². The third kappa shape index (κ3) is 15.6. The second kappa shape index (κ2) is 27.7. The van der Waals surface area contributed by atoms with Crippen LogP contribution in [0.3, 0.4) is 0 Å². The van der Waals surface area contributed by atoms with Gasteiger partial charge in [0.25, 0.3) is 0 Å². The largest absolute Gasteiger partial charge is 0.480 e. The van der Waals surface area contributed by atoms with Crippen molar-refractivity contribution in [1.29, 1.82) is 0 Å². The smallest absolute Gasteiger partial charge is 0.318 e. The molecule has 0 saturated heterocycles. The molecule has 0 bridgehead atoms. The van der Waals surface area contributed by atoms with E-state index in [1.165, 1.54) is 63.6 Å². The molecule has 6 aromatic carbocycles. The molecule has 0 aliphatic carbocycles. The van der Waals surface area contributed by atoms with Gasteiger partial charge in [-0.3, -0.25) is 4.79 Å². The number of nitrogens with two attached hydrogens (primary N) is 4. The number of rotatable bonds is 18. The van der Waals surface area contributed by atoms with Crippen molar-refractivity contribution in [1.82, 2.24) is 27.9 Å². The lowest BCUT2D eigenvalue weighted by molar-refractivity contribution is -0.137. The standard InChI is InChI=1S/C19H18ClN5O4S.C19H20ClN5O2S.C18H16Cl2N2O2S/c20-16-9-23-18(24-19(21)22)15-8-13(6-7-14(15)16)30(28,29)25(11-17(26)27)10-12-4-2-1-3-5-12;1-2-25(12-13-6-4-3-5-7-13)28(26,27)14-8-9-15-16(10-14)18(24-19(21)22)23-11-17(15)20;1-2-22(12-13-6-4-3-5-7-13)25(23,24)14-8-9-15-16(10-14)18(20)21-11-17(15)19/h1-9H,10-11H2,(H,26,27)(H4,21,22,23,24);3-11H,2,12H2,1H3,(H4,21,22,23,24);3-11H,2,12H2,1H3. The van der Waals surface area contributed by atoms with Crippen molar-refractivity contribution < 1.29 is 35.2 Å². The van der Waals surface area contributed by atoms with E-state index in [-0.39, 0.29) is 61.5 Å². The molecule has 3 aromatic heterocycles. The number of halogens is 4. The van der Waals surface area contributed by atoms with Crippen molar-refractivity contribution in [3.05, 3.63) is 201 Å². The molecule has 0 atom stereocenters. The Morgan fingerprint density at radius 2 is 0.771 bits per heavy atom. The Morgan fingerprint density at radius 1 is 0.458 bits per heavy atom. The molecule has 83 heavy (non-hydrogen) atoms. The van der Waals surface area contributed by atoms with Crippen LogP contribution in [0.25, 0.3) is 32.3 Å². The van der Waals surface area contributed by atoms with Gasteiger partial charge >= 0.3 is 5.97 Å². The van der Waals surface area contributed by atoms with Crippen LogP contribution >= 0.6 is 46.4 Å². The first-order chi connectivity index (χ1) is 39.4. The Bertz CT molecular complexity index is 4230. The number of sulfonamides is 3. The van der Waals surface area contributed by atoms with Crippen LogP contribution in [0.1, 0.15) is 30.5 Å². The maximum Gasteiger partial charge on any atom is 0.318 e. The highest BCUT2D eigenvalue weighted by Crippen LogP contribution is 2.35. The Hall–Kier alpha value is -7.55. The average molecular weight is 1260 g/mol. The normalized spacial score (nSPS) is 11.7. The molecule has 20 nitrogen and oxygen atoms in total. The number of pyridine rings is 3. The molecule has 0 unspecified atom stereocenters. The van der Waals surface area contributed by atoms with Gasteiger partial charge in [0, 0.05) is 83.6 Å². The van der Waals surface area contributed by atoms with Gasteiger partial charge in [-0.25, -0.2) is 40.2 Å². The average Bonchev–Trinajstić information content (AvgIpc) is 3.63. The third-order valence-corrected chi connectivity index (χ3v) is 19.2. The summed E-state index contributed by atoms with van der Waals surface area (Å²) in [5, 5.41) is 13.6. The Morgan fingerprint density at radius 3 is 1.11 bits per heavy atom. The quantitative estimate of drug-likeness (QED) is 0.0303. The predicted molar refractivity (Wildman–Crippen MR) is 327 cm³/mol. The molecule has 0 aliphatic rings.